The van der Waals surface area contributed by atoms with Gasteiger partial charge in [-0.3, -0.25) is 19.4 Å². The second-order valence-corrected chi connectivity index (χ2v) is 10.3. The molecule has 222 valence electrons. The molecule has 43 heavy (non-hydrogen) atoms. The number of amides is 2. The van der Waals surface area contributed by atoms with Gasteiger partial charge >= 0.3 is 5.97 Å². The molecule has 0 atom stereocenters. The molecule has 1 saturated carbocycles. The Morgan fingerprint density at radius 2 is 1.63 bits per heavy atom. The number of hydrogen-bond acceptors (Lipinski definition) is 7. The van der Waals surface area contributed by atoms with Crippen LogP contribution in [0.15, 0.2) is 66.9 Å². The van der Waals surface area contributed by atoms with E-state index >= 15 is 0 Å². The number of aromatic nitrogens is 1. The van der Waals surface area contributed by atoms with Crippen molar-refractivity contribution in [1.82, 2.24) is 4.98 Å². The maximum absolute atomic E-state index is 13.2. The number of carboxylic acids is 1. The summed E-state index contributed by atoms with van der Waals surface area (Å²) >= 11 is 6.52. The maximum atomic E-state index is 13.2. The van der Waals surface area contributed by atoms with Crippen LogP contribution in [0, 0.1) is 11.2 Å². The van der Waals surface area contributed by atoms with Crippen LogP contribution < -0.4 is 24.8 Å². The van der Waals surface area contributed by atoms with E-state index in [-0.39, 0.29) is 18.1 Å². The van der Waals surface area contributed by atoms with Crippen LogP contribution in [0.2, 0.25) is 5.02 Å². The minimum Gasteiger partial charge on any atom is -0.493 e. The third-order valence-corrected chi connectivity index (χ3v) is 7.21. The number of methoxy groups -OCH3 is 1. The van der Waals surface area contributed by atoms with Crippen LogP contribution in [0.1, 0.15) is 25.7 Å². The van der Waals surface area contributed by atoms with E-state index in [0.717, 1.165) is 0 Å². The number of carbonyl (C=O) groups is 3. The second-order valence-electron chi connectivity index (χ2n) is 9.92. The van der Waals surface area contributed by atoms with E-state index in [1.807, 2.05) is 0 Å². The zero-order chi connectivity index (χ0) is 30.6. The topological polar surface area (TPSA) is 136 Å². The van der Waals surface area contributed by atoms with Crippen molar-refractivity contribution in [3.05, 3.63) is 77.7 Å². The molecular weight excluding hydrogens is 581 g/mol. The van der Waals surface area contributed by atoms with E-state index in [9.17, 15) is 18.8 Å². The fraction of sp³-hybridized carbons (Fsp3) is 0.226. The molecule has 0 spiro atoms. The van der Waals surface area contributed by atoms with Gasteiger partial charge in [0.05, 0.1) is 24.3 Å². The van der Waals surface area contributed by atoms with Crippen molar-refractivity contribution in [3.63, 3.8) is 0 Å². The highest BCUT2D eigenvalue weighted by atomic mass is 35.5. The largest absolute Gasteiger partial charge is 0.493 e. The van der Waals surface area contributed by atoms with Gasteiger partial charge in [-0.25, -0.2) is 4.39 Å². The highest BCUT2D eigenvalue weighted by Crippen LogP contribution is 2.48. The number of ether oxygens (including phenoxy) is 3. The lowest BCUT2D eigenvalue weighted by Crippen LogP contribution is -2.35. The number of fused-ring (bicyclic) bond motifs is 1. The fourth-order valence-corrected chi connectivity index (χ4v) is 4.61. The van der Waals surface area contributed by atoms with E-state index in [4.69, 9.17) is 30.9 Å². The van der Waals surface area contributed by atoms with Gasteiger partial charge in [0, 0.05) is 35.4 Å². The van der Waals surface area contributed by atoms with E-state index in [2.05, 4.69) is 15.6 Å². The molecule has 12 heteroatoms. The number of halogens is 2. The zero-order valence-corrected chi connectivity index (χ0v) is 23.7. The minimum absolute atomic E-state index is 0.0108. The van der Waals surface area contributed by atoms with Gasteiger partial charge < -0.3 is 30.0 Å². The molecule has 0 saturated heterocycles. The lowest BCUT2D eigenvalue weighted by molar-refractivity contribution is -0.137. The number of pyridine rings is 1. The van der Waals surface area contributed by atoms with Crippen molar-refractivity contribution in [2.24, 2.45) is 5.41 Å². The molecule has 0 radical (unpaired) electrons. The molecule has 2 amide bonds. The Balaban J connectivity index is 1.27. The normalized spacial score (nSPS) is 13.2. The highest BCUT2D eigenvalue weighted by Gasteiger charge is 2.56. The van der Waals surface area contributed by atoms with Crippen LogP contribution >= 0.6 is 11.6 Å². The van der Waals surface area contributed by atoms with Crippen LogP contribution in [-0.2, 0) is 14.4 Å². The fourth-order valence-electron chi connectivity index (χ4n) is 4.39. The quantitative estimate of drug-likeness (QED) is 0.124. The lowest BCUT2D eigenvalue weighted by Gasteiger charge is -2.17. The van der Waals surface area contributed by atoms with Crippen LogP contribution in [0.5, 0.6) is 23.0 Å². The molecule has 5 rings (SSSR count). The Morgan fingerprint density at radius 1 is 0.930 bits per heavy atom. The van der Waals surface area contributed by atoms with Gasteiger partial charge in [0.2, 0.25) is 11.8 Å². The van der Waals surface area contributed by atoms with Crippen molar-refractivity contribution in [2.75, 3.05) is 24.4 Å². The molecule has 3 N–H and O–H groups in total. The summed E-state index contributed by atoms with van der Waals surface area (Å²) in [6, 6.07) is 15.1. The summed E-state index contributed by atoms with van der Waals surface area (Å²) in [5.74, 6) is -0.663. The SMILES string of the molecule is COc1cc2c(Oc3ccc(NC(=O)C4(C(=O)Nc5ccc(F)cc5)CC4)cc3Cl)ccnc2cc1OCCCC(=O)O. The van der Waals surface area contributed by atoms with Crippen LogP contribution in [0.4, 0.5) is 15.8 Å². The van der Waals surface area contributed by atoms with Gasteiger partial charge in [-0.05, 0) is 73.9 Å². The van der Waals surface area contributed by atoms with Gasteiger partial charge in [-0.15, -0.1) is 0 Å². The monoisotopic (exact) mass is 607 g/mol. The number of rotatable bonds is 12. The smallest absolute Gasteiger partial charge is 0.303 e. The lowest BCUT2D eigenvalue weighted by atomic mass is 10.0. The Bertz CT molecular complexity index is 1690. The first-order chi connectivity index (χ1) is 20.7. The number of benzene rings is 3. The first-order valence-corrected chi connectivity index (χ1v) is 13.7. The molecule has 1 fully saturated rings. The van der Waals surface area contributed by atoms with E-state index in [1.165, 1.54) is 37.4 Å². The molecule has 1 aromatic heterocycles. The molecule has 0 aliphatic heterocycles. The van der Waals surface area contributed by atoms with E-state index in [1.54, 1.807) is 36.5 Å². The molecule has 10 nitrogen and oxygen atoms in total. The van der Waals surface area contributed by atoms with Crippen molar-refractivity contribution in [1.29, 1.82) is 0 Å². The number of nitrogens with one attached hydrogen (secondary N) is 2. The third-order valence-electron chi connectivity index (χ3n) is 6.91. The Kier molecular flexibility index (Phi) is 8.63. The number of carboxylic acid groups (broad SMARTS) is 1. The van der Waals surface area contributed by atoms with Gasteiger partial charge in [0.1, 0.15) is 22.7 Å². The molecule has 1 aliphatic rings. The van der Waals surface area contributed by atoms with E-state index in [0.29, 0.717) is 64.5 Å². The number of anilines is 2. The van der Waals surface area contributed by atoms with Crippen LogP contribution in [0.3, 0.4) is 0 Å². The molecule has 1 aliphatic carbocycles. The number of aliphatic carboxylic acids is 1. The highest BCUT2D eigenvalue weighted by molar-refractivity contribution is 6.32. The molecule has 1 heterocycles. The molecule has 3 aromatic carbocycles. The second kappa shape index (κ2) is 12.5. The first kappa shape index (κ1) is 29.6. The average molecular weight is 608 g/mol. The Hall–Kier alpha value is -4.90. The van der Waals surface area contributed by atoms with Crippen LogP contribution in [0.25, 0.3) is 10.9 Å². The summed E-state index contributed by atoms with van der Waals surface area (Å²) in [7, 11) is 1.49. The average Bonchev–Trinajstić information content (AvgIpc) is 3.80. The van der Waals surface area contributed by atoms with Crippen molar-refractivity contribution < 1.29 is 38.1 Å². The summed E-state index contributed by atoms with van der Waals surface area (Å²) in [6.45, 7) is 0.197. The molecule has 4 aromatic rings. The van der Waals surface area contributed by atoms with Gasteiger partial charge in [-0.2, -0.15) is 0 Å². The first-order valence-electron chi connectivity index (χ1n) is 13.4. The zero-order valence-electron chi connectivity index (χ0n) is 23.0. The van der Waals surface area contributed by atoms with E-state index < -0.39 is 29.0 Å². The van der Waals surface area contributed by atoms with Crippen molar-refractivity contribution in [3.8, 4) is 23.0 Å². The Labute approximate surface area is 250 Å². The van der Waals surface area contributed by atoms with Gasteiger partial charge in [0.25, 0.3) is 0 Å². The standard InChI is InChI=1S/C31H27ClFN3O7/c1-41-26-16-21-23(17-27(26)42-14-2-3-28(37)38)34-13-10-24(21)43-25-9-8-20(15-22(25)32)36-30(40)31(11-12-31)29(39)35-19-6-4-18(33)5-7-19/h4-10,13,15-17H,2-3,11-12,14H2,1H3,(H,35,39)(H,36,40)(H,37,38). The van der Waals surface area contributed by atoms with Gasteiger partial charge in [-0.1, -0.05) is 11.6 Å². The predicted molar refractivity (Wildman–Crippen MR) is 158 cm³/mol. The predicted octanol–water partition coefficient (Wildman–Crippen LogP) is 6.43. The number of nitrogens with zero attached hydrogens (tertiary/aromatic N) is 1. The molecule has 0 bridgehead atoms. The van der Waals surface area contributed by atoms with Gasteiger partial charge in [0.15, 0.2) is 11.5 Å². The third kappa shape index (κ3) is 6.78. The summed E-state index contributed by atoms with van der Waals surface area (Å²) in [5, 5.41) is 15.1. The number of carbonyl (C=O) groups excluding carboxylic acids is 2. The molecule has 0 unspecified atom stereocenters. The summed E-state index contributed by atoms with van der Waals surface area (Å²) in [4.78, 5) is 41.0. The van der Waals surface area contributed by atoms with Crippen molar-refractivity contribution in [2.45, 2.75) is 25.7 Å². The number of hydrogen-bond donors (Lipinski definition) is 3. The summed E-state index contributed by atoms with van der Waals surface area (Å²) in [5.41, 5.74) is 0.120. The minimum atomic E-state index is -1.22. The maximum Gasteiger partial charge on any atom is 0.303 e. The summed E-state index contributed by atoms with van der Waals surface area (Å²) in [6.07, 6.45) is 2.66. The Morgan fingerprint density at radius 3 is 2.28 bits per heavy atom. The van der Waals surface area contributed by atoms with Crippen LogP contribution in [-0.4, -0.2) is 41.6 Å². The van der Waals surface area contributed by atoms with Crippen molar-refractivity contribution >= 4 is 51.7 Å². The molecular formula is C31H27ClFN3O7. The summed E-state index contributed by atoms with van der Waals surface area (Å²) < 4.78 is 30.5.